The van der Waals surface area contributed by atoms with Gasteiger partial charge in [-0.25, -0.2) is 0 Å². The van der Waals surface area contributed by atoms with Crippen LogP contribution in [-0.2, 0) is 0 Å². The first-order valence-electron chi connectivity index (χ1n) is 7.92. The zero-order chi connectivity index (χ0) is 12.6. The van der Waals surface area contributed by atoms with E-state index in [9.17, 15) is 5.11 Å². The number of nitrogens with one attached hydrogen (secondary N) is 1. The van der Waals surface area contributed by atoms with Gasteiger partial charge in [0, 0.05) is 19.6 Å². The molecular formula is C15H31ClN2O. The van der Waals surface area contributed by atoms with Crippen LogP contribution in [0.2, 0.25) is 0 Å². The van der Waals surface area contributed by atoms with E-state index >= 15 is 0 Å². The van der Waals surface area contributed by atoms with Crippen LogP contribution in [-0.4, -0.2) is 49.3 Å². The normalized spacial score (nSPS) is 22.4. The van der Waals surface area contributed by atoms with Gasteiger partial charge in [0.2, 0.25) is 0 Å². The smallest absolute Gasteiger partial charge is 0.0558 e. The first kappa shape index (κ1) is 17.2. The maximum absolute atomic E-state index is 9.24. The van der Waals surface area contributed by atoms with Crippen LogP contribution in [0.4, 0.5) is 0 Å². The average Bonchev–Trinajstić information content (AvgIpc) is 2.41. The summed E-state index contributed by atoms with van der Waals surface area (Å²) in [6.07, 6.45) is 9.72. The summed E-state index contributed by atoms with van der Waals surface area (Å²) in [5.74, 6) is 1.74. The molecule has 0 radical (unpaired) electrons. The van der Waals surface area contributed by atoms with Crippen LogP contribution in [0.5, 0.6) is 0 Å². The van der Waals surface area contributed by atoms with E-state index in [4.69, 9.17) is 0 Å². The summed E-state index contributed by atoms with van der Waals surface area (Å²) < 4.78 is 0. The van der Waals surface area contributed by atoms with E-state index in [0.29, 0.717) is 6.61 Å². The minimum Gasteiger partial charge on any atom is -0.395 e. The molecule has 1 aliphatic heterocycles. The van der Waals surface area contributed by atoms with E-state index in [0.717, 1.165) is 18.4 Å². The van der Waals surface area contributed by atoms with Gasteiger partial charge in [0.25, 0.3) is 0 Å². The highest BCUT2D eigenvalue weighted by Gasteiger charge is 2.20. The number of piperidine rings is 1. The third kappa shape index (κ3) is 6.44. The molecule has 4 heteroatoms. The predicted molar refractivity (Wildman–Crippen MR) is 82.9 cm³/mol. The van der Waals surface area contributed by atoms with Crippen molar-refractivity contribution in [1.29, 1.82) is 0 Å². The fraction of sp³-hybridized carbons (Fsp3) is 1.00. The highest BCUT2D eigenvalue weighted by Crippen LogP contribution is 2.25. The lowest BCUT2D eigenvalue weighted by molar-refractivity contribution is 0.133. The standard InChI is InChI=1S/C15H30N2O.ClH/c18-11-10-17(12-14-4-2-1-3-5-14)13-15-6-8-16-9-7-15;/h14-16,18H,1-13H2;1H. The molecule has 2 rings (SSSR count). The zero-order valence-electron chi connectivity index (χ0n) is 12.1. The molecule has 2 aliphatic rings. The second-order valence-electron chi connectivity index (χ2n) is 6.18. The molecule has 114 valence electrons. The molecule has 1 saturated heterocycles. The minimum atomic E-state index is 0. The molecule has 1 aliphatic carbocycles. The van der Waals surface area contributed by atoms with Gasteiger partial charge in [-0.1, -0.05) is 19.3 Å². The molecule has 0 atom stereocenters. The highest BCUT2D eigenvalue weighted by atomic mass is 35.5. The Hall–Kier alpha value is 0.170. The second kappa shape index (κ2) is 9.98. The van der Waals surface area contributed by atoms with Gasteiger partial charge in [-0.2, -0.15) is 0 Å². The van der Waals surface area contributed by atoms with Gasteiger partial charge in [0.05, 0.1) is 6.61 Å². The van der Waals surface area contributed by atoms with Crippen molar-refractivity contribution in [2.45, 2.75) is 44.9 Å². The van der Waals surface area contributed by atoms with Gasteiger partial charge in [-0.05, 0) is 50.6 Å². The van der Waals surface area contributed by atoms with Crippen molar-refractivity contribution in [3.05, 3.63) is 0 Å². The second-order valence-corrected chi connectivity index (χ2v) is 6.18. The molecule has 1 heterocycles. The summed E-state index contributed by atoms with van der Waals surface area (Å²) in [6, 6.07) is 0. The van der Waals surface area contributed by atoms with Crippen molar-refractivity contribution < 1.29 is 5.11 Å². The van der Waals surface area contributed by atoms with Crippen LogP contribution in [0.3, 0.4) is 0 Å². The van der Waals surface area contributed by atoms with E-state index in [-0.39, 0.29) is 12.4 Å². The fourth-order valence-electron chi connectivity index (χ4n) is 3.56. The van der Waals surface area contributed by atoms with E-state index in [1.165, 1.54) is 71.1 Å². The third-order valence-corrected chi connectivity index (χ3v) is 4.63. The predicted octanol–water partition coefficient (Wildman–Crippen LogP) is 2.28. The van der Waals surface area contributed by atoms with Crippen molar-refractivity contribution in [2.24, 2.45) is 11.8 Å². The molecule has 19 heavy (non-hydrogen) atoms. The van der Waals surface area contributed by atoms with E-state index in [1.807, 2.05) is 0 Å². The fourth-order valence-corrected chi connectivity index (χ4v) is 3.56. The number of aliphatic hydroxyl groups excluding tert-OH is 1. The van der Waals surface area contributed by atoms with Crippen LogP contribution >= 0.6 is 12.4 Å². The van der Waals surface area contributed by atoms with Crippen molar-refractivity contribution in [3.8, 4) is 0 Å². The van der Waals surface area contributed by atoms with E-state index in [1.54, 1.807) is 0 Å². The summed E-state index contributed by atoms with van der Waals surface area (Å²) in [4.78, 5) is 2.53. The SMILES string of the molecule is Cl.OCCN(CC1CCCCC1)CC1CCNCC1. The summed E-state index contributed by atoms with van der Waals surface area (Å²) in [7, 11) is 0. The van der Waals surface area contributed by atoms with Crippen molar-refractivity contribution in [2.75, 3.05) is 39.3 Å². The molecule has 0 spiro atoms. The Morgan fingerprint density at radius 2 is 1.47 bits per heavy atom. The van der Waals surface area contributed by atoms with E-state index < -0.39 is 0 Å². The number of rotatable bonds is 6. The van der Waals surface area contributed by atoms with Gasteiger partial charge in [-0.15, -0.1) is 12.4 Å². The summed E-state index contributed by atoms with van der Waals surface area (Å²) in [5, 5.41) is 12.7. The topological polar surface area (TPSA) is 35.5 Å². The first-order valence-corrected chi connectivity index (χ1v) is 7.92. The maximum Gasteiger partial charge on any atom is 0.0558 e. The highest BCUT2D eigenvalue weighted by molar-refractivity contribution is 5.85. The largest absolute Gasteiger partial charge is 0.395 e. The molecule has 1 saturated carbocycles. The van der Waals surface area contributed by atoms with Crippen LogP contribution < -0.4 is 5.32 Å². The Kier molecular flexibility index (Phi) is 9.04. The summed E-state index contributed by atoms with van der Waals surface area (Å²) >= 11 is 0. The van der Waals surface area contributed by atoms with Crippen molar-refractivity contribution in [3.63, 3.8) is 0 Å². The Morgan fingerprint density at radius 3 is 2.05 bits per heavy atom. The molecule has 0 amide bonds. The molecular weight excluding hydrogens is 260 g/mol. The molecule has 0 unspecified atom stereocenters. The van der Waals surface area contributed by atoms with Crippen LogP contribution in [0.15, 0.2) is 0 Å². The quantitative estimate of drug-likeness (QED) is 0.788. The van der Waals surface area contributed by atoms with Crippen molar-refractivity contribution in [1.82, 2.24) is 10.2 Å². The Bertz CT molecular complexity index is 196. The third-order valence-electron chi connectivity index (χ3n) is 4.63. The number of nitrogens with zero attached hydrogens (tertiary/aromatic N) is 1. The lowest BCUT2D eigenvalue weighted by Gasteiger charge is -2.33. The van der Waals surface area contributed by atoms with Crippen molar-refractivity contribution >= 4 is 12.4 Å². The maximum atomic E-state index is 9.24. The Labute approximate surface area is 124 Å². The number of aliphatic hydroxyl groups is 1. The molecule has 2 fully saturated rings. The summed E-state index contributed by atoms with van der Waals surface area (Å²) in [5.41, 5.74) is 0. The van der Waals surface area contributed by atoms with E-state index in [2.05, 4.69) is 10.2 Å². The molecule has 0 bridgehead atoms. The van der Waals surface area contributed by atoms with Gasteiger partial charge in [-0.3, -0.25) is 0 Å². The lowest BCUT2D eigenvalue weighted by Crippen LogP contribution is -2.40. The molecule has 3 nitrogen and oxygen atoms in total. The lowest BCUT2D eigenvalue weighted by atomic mass is 9.88. The minimum absolute atomic E-state index is 0. The number of halogens is 1. The molecule has 2 N–H and O–H groups in total. The van der Waals surface area contributed by atoms with Gasteiger partial charge >= 0.3 is 0 Å². The summed E-state index contributed by atoms with van der Waals surface area (Å²) in [6.45, 7) is 5.99. The van der Waals surface area contributed by atoms with Gasteiger partial charge in [0.15, 0.2) is 0 Å². The Balaban J connectivity index is 0.00000180. The average molecular weight is 291 g/mol. The zero-order valence-corrected chi connectivity index (χ0v) is 13.0. The first-order chi connectivity index (χ1) is 8.88. The molecule has 0 aromatic carbocycles. The Morgan fingerprint density at radius 1 is 0.895 bits per heavy atom. The van der Waals surface area contributed by atoms with Gasteiger partial charge < -0.3 is 15.3 Å². The monoisotopic (exact) mass is 290 g/mol. The number of hydrogen-bond acceptors (Lipinski definition) is 3. The molecule has 0 aromatic heterocycles. The number of hydrogen-bond donors (Lipinski definition) is 2. The van der Waals surface area contributed by atoms with Crippen LogP contribution in [0.1, 0.15) is 44.9 Å². The van der Waals surface area contributed by atoms with Crippen LogP contribution in [0.25, 0.3) is 0 Å². The van der Waals surface area contributed by atoms with Crippen LogP contribution in [0, 0.1) is 11.8 Å². The molecule has 0 aromatic rings. The van der Waals surface area contributed by atoms with Gasteiger partial charge in [0.1, 0.15) is 0 Å².